The highest BCUT2D eigenvalue weighted by atomic mass is 32.2. The second-order valence-corrected chi connectivity index (χ2v) is 24.8. The first-order valence-corrected chi connectivity index (χ1v) is 30.2. The highest BCUT2D eigenvalue weighted by molar-refractivity contribution is 7.86. The largest absolute Gasteiger partial charge is 0.496 e. The number of nitrogens with one attached hydrogen (secondary N) is 1. The van der Waals surface area contributed by atoms with Gasteiger partial charge in [-0.3, -0.25) is 18.7 Å². The van der Waals surface area contributed by atoms with E-state index < -0.39 is 111 Å². The molecule has 85 heavy (non-hydrogen) atoms. The van der Waals surface area contributed by atoms with Crippen molar-refractivity contribution in [1.82, 2.24) is 19.7 Å². The number of H-pyrrole nitrogens is 1. The Kier molecular flexibility index (Phi) is 20.1. The molecular formula is C62H84F3N5O14S. The number of aryl methyl sites for hydroxylation is 1. The molecule has 0 bridgehead atoms. The number of carbonyl (C=O) groups excluding carboxylic acids is 4. The molecule has 9 rings (SSSR count). The molecule has 0 radical (unpaired) electrons. The quantitative estimate of drug-likeness (QED) is 0.0500. The summed E-state index contributed by atoms with van der Waals surface area (Å²) in [6, 6.07) is 15.1. The molecule has 4 aliphatic heterocycles. The maximum absolute atomic E-state index is 15.9. The van der Waals surface area contributed by atoms with Gasteiger partial charge in [-0.2, -0.15) is 21.6 Å². The van der Waals surface area contributed by atoms with Gasteiger partial charge in [0.05, 0.1) is 38.9 Å². The Morgan fingerprint density at radius 1 is 0.871 bits per heavy atom. The molecule has 3 aromatic carbocycles. The van der Waals surface area contributed by atoms with Crippen molar-refractivity contribution in [2.24, 2.45) is 11.3 Å². The number of ether oxygens (including phenoxy) is 5. The molecule has 9 atom stereocenters. The fourth-order valence-electron chi connectivity index (χ4n) is 15.0. The number of alkyl halides is 3. The standard InChI is InChI=1S/C55H65F3N4O13S.C6H15N.CH4O/c1-10-51-21-13-23-62-25-22-52(44(51)62)38-26-39(42(70-7)27-41(38)61(6)45(52)54(67,48(65)72-9)46(51)74-33(3)63)53(47(64)71-8)29-34(30-73-76(68,69)35-18-16-32(2)17-19-35)28-50(4,75-49(66)55(56,57)58)31-60(5)24-20-37-36-14-11-12-15-40(36)59-43(37)53;1-4-7(5-2)6-3;1-2/h11-19,21,26-27,34,44-46,59,67H,10,20,22-25,28-31H2,1-9H3;4-6H2,1-3H3;2H,1H3/t34-,44-,45+,46+,50-,51+,52?,53-,54?;;/m0../s1. The number of halogens is 3. The highest BCUT2D eigenvalue weighted by Gasteiger charge is 2.80. The van der Waals surface area contributed by atoms with Crippen LogP contribution in [0.1, 0.15) is 95.2 Å². The lowest BCUT2D eigenvalue weighted by molar-refractivity contribution is -0.228. The number of methoxy groups -OCH3 is 3. The number of esters is 4. The molecule has 1 spiro atoms. The maximum Gasteiger partial charge on any atom is 0.490 e. The number of aromatic amines is 1. The van der Waals surface area contributed by atoms with Gasteiger partial charge < -0.3 is 53.6 Å². The van der Waals surface area contributed by atoms with Gasteiger partial charge in [0, 0.05) is 91.5 Å². The Bertz CT molecular complexity index is 3220. The molecule has 2 fully saturated rings. The van der Waals surface area contributed by atoms with Crippen molar-refractivity contribution in [1.29, 1.82) is 0 Å². The Balaban J connectivity index is 0.00000107. The number of aliphatic hydroxyl groups excluding tert-OH is 1. The lowest BCUT2D eigenvalue weighted by atomic mass is 9.47. The first-order chi connectivity index (χ1) is 40.2. The molecule has 23 heteroatoms. The number of para-hydroxylation sites is 1. The predicted molar refractivity (Wildman–Crippen MR) is 313 cm³/mol. The minimum atomic E-state index is -5.40. The number of nitrogens with zero attached hydrogens (tertiary/aromatic N) is 4. The van der Waals surface area contributed by atoms with E-state index >= 15 is 4.79 Å². The van der Waals surface area contributed by atoms with Crippen LogP contribution < -0.4 is 9.64 Å². The summed E-state index contributed by atoms with van der Waals surface area (Å²) in [5, 5.41) is 21.2. The van der Waals surface area contributed by atoms with E-state index in [0.717, 1.165) is 19.8 Å². The molecule has 468 valence electrons. The topological polar surface area (TPSA) is 227 Å². The minimum absolute atomic E-state index is 0.110. The normalized spacial score (nSPS) is 28.2. The van der Waals surface area contributed by atoms with Gasteiger partial charge in [0.25, 0.3) is 10.1 Å². The first kappa shape index (κ1) is 66.4. The van der Waals surface area contributed by atoms with Gasteiger partial charge in [-0.25, -0.2) is 9.59 Å². The molecule has 2 unspecified atom stereocenters. The van der Waals surface area contributed by atoms with Crippen molar-refractivity contribution in [3.05, 3.63) is 101 Å². The zero-order valence-electron chi connectivity index (χ0n) is 51.1. The number of anilines is 1. The van der Waals surface area contributed by atoms with E-state index in [1.54, 1.807) is 49.0 Å². The molecule has 5 heterocycles. The Morgan fingerprint density at radius 3 is 2.09 bits per heavy atom. The van der Waals surface area contributed by atoms with E-state index in [1.165, 1.54) is 59.8 Å². The third-order valence-electron chi connectivity index (χ3n) is 18.3. The molecule has 1 aromatic heterocycles. The van der Waals surface area contributed by atoms with Crippen molar-refractivity contribution in [3.63, 3.8) is 0 Å². The number of carbonyl (C=O) groups is 4. The number of hydrogen-bond donors (Lipinski definition) is 3. The van der Waals surface area contributed by atoms with Gasteiger partial charge in [0.15, 0.2) is 6.10 Å². The molecule has 5 aliphatic rings. The van der Waals surface area contributed by atoms with Crippen LogP contribution in [0.25, 0.3) is 10.9 Å². The van der Waals surface area contributed by atoms with Crippen LogP contribution in [0.2, 0.25) is 0 Å². The molecule has 3 N–H and O–H groups in total. The number of aliphatic hydroxyl groups is 2. The average molecular weight is 1210 g/mol. The molecule has 1 saturated heterocycles. The van der Waals surface area contributed by atoms with Crippen LogP contribution in [0.4, 0.5) is 18.9 Å². The molecule has 19 nitrogen and oxygen atoms in total. The number of likely N-dealkylation sites (N-methyl/N-ethyl adjacent to an activating group) is 2. The first-order valence-electron chi connectivity index (χ1n) is 28.8. The summed E-state index contributed by atoms with van der Waals surface area (Å²) in [4.78, 5) is 68.1. The second-order valence-electron chi connectivity index (χ2n) is 23.1. The van der Waals surface area contributed by atoms with E-state index in [4.69, 9.17) is 33.0 Å². The van der Waals surface area contributed by atoms with Crippen molar-refractivity contribution < 1.29 is 78.8 Å². The summed E-state index contributed by atoms with van der Waals surface area (Å²) >= 11 is 0. The van der Waals surface area contributed by atoms with E-state index in [1.807, 2.05) is 49.4 Å². The van der Waals surface area contributed by atoms with Gasteiger partial charge in [0.2, 0.25) is 5.60 Å². The zero-order valence-corrected chi connectivity index (χ0v) is 51.9. The van der Waals surface area contributed by atoms with Crippen molar-refractivity contribution in [2.75, 3.05) is 99.9 Å². The number of rotatable bonds is 14. The van der Waals surface area contributed by atoms with Crippen LogP contribution in [-0.2, 0) is 69.7 Å². The smallest absolute Gasteiger partial charge is 0.490 e. The van der Waals surface area contributed by atoms with Crippen molar-refractivity contribution in [2.45, 2.75) is 132 Å². The maximum atomic E-state index is 15.9. The fourth-order valence-corrected chi connectivity index (χ4v) is 15.9. The monoisotopic (exact) mass is 1210 g/mol. The Morgan fingerprint density at radius 2 is 1.52 bits per heavy atom. The predicted octanol–water partition coefficient (Wildman–Crippen LogP) is 7.00. The molecule has 1 saturated carbocycles. The summed E-state index contributed by atoms with van der Waals surface area (Å²) in [7, 11) is 3.55. The van der Waals surface area contributed by atoms with Crippen LogP contribution in [-0.4, -0.2) is 193 Å². The van der Waals surface area contributed by atoms with Crippen LogP contribution in [0, 0.1) is 18.3 Å². The molecular weight excluding hydrogens is 1130 g/mol. The molecule has 0 amide bonds. The van der Waals surface area contributed by atoms with Crippen LogP contribution in [0.3, 0.4) is 0 Å². The number of aromatic nitrogens is 1. The van der Waals surface area contributed by atoms with Gasteiger partial charge in [-0.15, -0.1) is 0 Å². The third-order valence-corrected chi connectivity index (χ3v) is 19.6. The SMILES string of the molecule is CCN(CC)CC.CC[C@]12C=CCN3CCC4(c5cc([C@@]6(C(=O)OC)C[C@@H](COS(=O)(=O)c7ccc(C)cc7)C[C@](C)(OC(=O)C(F)(F)F)CN(C)CCc7c6[nH]c6ccccc76)c(OC)cc5N(C)[C@H]4C(O)(C(=O)OC)[C@@H]1OC(C)=O)[C@@H]32.CO. The van der Waals surface area contributed by atoms with Crippen molar-refractivity contribution in [3.8, 4) is 5.75 Å². The second kappa shape index (κ2) is 25.7. The van der Waals surface area contributed by atoms with Crippen LogP contribution >= 0.6 is 0 Å². The van der Waals surface area contributed by atoms with E-state index in [-0.39, 0.29) is 35.7 Å². The summed E-state index contributed by atoms with van der Waals surface area (Å²) in [6.45, 7) is 16.5. The summed E-state index contributed by atoms with van der Waals surface area (Å²) in [5.41, 5.74) is -5.35. The number of benzene rings is 3. The van der Waals surface area contributed by atoms with Gasteiger partial charge in [-0.05, 0) is 120 Å². The van der Waals surface area contributed by atoms with E-state index in [2.05, 4.69) is 35.6 Å². The number of hydrogen-bond acceptors (Lipinski definition) is 18. The number of fused-ring (bicyclic) bond motifs is 4. The van der Waals surface area contributed by atoms with Crippen molar-refractivity contribution >= 4 is 50.6 Å². The van der Waals surface area contributed by atoms with Gasteiger partial charge in [-0.1, -0.05) is 75.7 Å². The lowest BCUT2D eigenvalue weighted by Crippen LogP contribution is -2.81. The Hall–Kier alpha value is -6.08. The zero-order chi connectivity index (χ0) is 62.8. The van der Waals surface area contributed by atoms with Gasteiger partial charge >= 0.3 is 30.1 Å². The highest BCUT2D eigenvalue weighted by Crippen LogP contribution is 2.68. The minimum Gasteiger partial charge on any atom is -0.496 e. The van der Waals surface area contributed by atoms with E-state index in [9.17, 15) is 41.1 Å². The molecule has 1 aliphatic carbocycles. The van der Waals surface area contributed by atoms with E-state index in [0.29, 0.717) is 59.3 Å². The summed E-state index contributed by atoms with van der Waals surface area (Å²) < 4.78 is 106. The van der Waals surface area contributed by atoms with Crippen LogP contribution in [0.15, 0.2) is 77.7 Å². The summed E-state index contributed by atoms with van der Waals surface area (Å²) in [6.07, 6.45) is -3.05. The lowest BCUT2D eigenvalue weighted by Gasteiger charge is -2.63. The Labute approximate surface area is 496 Å². The summed E-state index contributed by atoms with van der Waals surface area (Å²) in [5.74, 6) is -6.21. The van der Waals surface area contributed by atoms with Crippen LogP contribution in [0.5, 0.6) is 5.75 Å². The fraction of sp³-hybridized carbons (Fsp3) is 0.581. The van der Waals surface area contributed by atoms with Gasteiger partial charge in [0.1, 0.15) is 16.8 Å². The third kappa shape index (κ3) is 11.7. The molecule has 4 aromatic rings. The average Bonchev–Trinajstić information content (AvgIpc) is 1.54.